The van der Waals surface area contributed by atoms with Crippen molar-refractivity contribution in [3.05, 3.63) is 35.7 Å². The Balaban J connectivity index is 1.79. The quantitative estimate of drug-likeness (QED) is 0.558. The molecule has 1 atom stereocenters. The number of imide groups is 1. The van der Waals surface area contributed by atoms with Gasteiger partial charge in [0.15, 0.2) is 11.8 Å². The van der Waals surface area contributed by atoms with Gasteiger partial charge in [0.25, 0.3) is 5.91 Å². The number of carbonyl (C=O) groups is 3. The minimum absolute atomic E-state index is 0.116. The smallest absolute Gasteiger partial charge is 0.323 e. The topological polar surface area (TPSA) is 69.5 Å². The summed E-state index contributed by atoms with van der Waals surface area (Å²) >= 11 is 2.97. The van der Waals surface area contributed by atoms with Crippen molar-refractivity contribution < 1.29 is 19.0 Å². The maximum absolute atomic E-state index is 12.9. The minimum atomic E-state index is -0.438. The van der Waals surface area contributed by atoms with Crippen molar-refractivity contribution in [2.24, 2.45) is 0 Å². The van der Waals surface area contributed by atoms with Crippen LogP contribution in [0.4, 0.5) is 10.5 Å². The first-order valence-corrected chi connectivity index (χ1v) is 11.0. The molecular formula is C19H22N3O3S2+. The molecule has 27 heavy (non-hydrogen) atoms. The SMILES string of the molecule is CCCCN1C(=O)C2SC=CC2=[N+](CC(=O)Nc2cccc(SC)c2)C1=O. The number of rotatable bonds is 7. The monoisotopic (exact) mass is 404 g/mol. The third-order valence-electron chi connectivity index (χ3n) is 4.38. The van der Waals surface area contributed by atoms with Crippen LogP contribution in [0.3, 0.4) is 0 Å². The summed E-state index contributed by atoms with van der Waals surface area (Å²) < 4.78 is 1.42. The second-order valence-electron chi connectivity index (χ2n) is 6.24. The van der Waals surface area contributed by atoms with Gasteiger partial charge in [0, 0.05) is 10.6 Å². The maximum atomic E-state index is 12.9. The molecule has 2 heterocycles. The van der Waals surface area contributed by atoms with Gasteiger partial charge in [-0.15, -0.1) is 23.5 Å². The number of fused-ring (bicyclic) bond motifs is 1. The maximum Gasteiger partial charge on any atom is 0.501 e. The number of carbonyl (C=O) groups excluding carboxylic acids is 3. The van der Waals surface area contributed by atoms with Gasteiger partial charge in [-0.05, 0) is 42.4 Å². The molecule has 0 aromatic heterocycles. The average Bonchev–Trinajstić information content (AvgIpc) is 3.15. The average molecular weight is 405 g/mol. The molecule has 0 radical (unpaired) electrons. The molecular weight excluding hydrogens is 382 g/mol. The molecule has 0 bridgehead atoms. The van der Waals surface area contributed by atoms with Gasteiger partial charge >= 0.3 is 11.9 Å². The molecule has 2 aliphatic rings. The van der Waals surface area contributed by atoms with Crippen LogP contribution in [-0.2, 0) is 9.59 Å². The molecule has 0 saturated heterocycles. The number of urea groups is 1. The number of anilines is 1. The molecule has 1 unspecified atom stereocenters. The van der Waals surface area contributed by atoms with Crippen molar-refractivity contribution in [2.45, 2.75) is 29.9 Å². The van der Waals surface area contributed by atoms with E-state index >= 15 is 0 Å². The number of nitrogens with zero attached hydrogens (tertiary/aromatic N) is 2. The molecule has 1 aromatic carbocycles. The fourth-order valence-electron chi connectivity index (χ4n) is 2.98. The largest absolute Gasteiger partial charge is 0.501 e. The van der Waals surface area contributed by atoms with Crippen LogP contribution in [-0.4, -0.2) is 57.6 Å². The summed E-state index contributed by atoms with van der Waals surface area (Å²) in [5.74, 6) is -0.481. The van der Waals surface area contributed by atoms with Crippen molar-refractivity contribution in [1.29, 1.82) is 0 Å². The van der Waals surface area contributed by atoms with Crippen LogP contribution in [0.25, 0.3) is 0 Å². The summed E-state index contributed by atoms with van der Waals surface area (Å²) in [7, 11) is 0. The Kier molecular flexibility index (Phi) is 6.38. The molecule has 3 rings (SSSR count). The molecule has 6 nitrogen and oxygen atoms in total. The number of allylic oxidation sites excluding steroid dienone is 1. The van der Waals surface area contributed by atoms with Gasteiger partial charge in [0.2, 0.25) is 0 Å². The van der Waals surface area contributed by atoms with Crippen LogP contribution in [0.5, 0.6) is 0 Å². The zero-order valence-electron chi connectivity index (χ0n) is 15.3. The van der Waals surface area contributed by atoms with Gasteiger partial charge < -0.3 is 5.32 Å². The summed E-state index contributed by atoms with van der Waals surface area (Å²) in [6.45, 7) is 2.28. The first-order chi connectivity index (χ1) is 13.0. The number of unbranched alkanes of at least 4 members (excludes halogenated alkanes) is 1. The Bertz CT molecular complexity index is 835. The molecule has 4 amide bonds. The van der Waals surface area contributed by atoms with E-state index in [1.165, 1.54) is 21.2 Å². The highest BCUT2D eigenvalue weighted by Crippen LogP contribution is 2.28. The van der Waals surface area contributed by atoms with Crippen LogP contribution in [0, 0.1) is 0 Å². The summed E-state index contributed by atoms with van der Waals surface area (Å²) in [6, 6.07) is 7.12. The van der Waals surface area contributed by atoms with E-state index in [9.17, 15) is 14.4 Å². The second kappa shape index (κ2) is 8.75. The van der Waals surface area contributed by atoms with Crippen LogP contribution >= 0.6 is 23.5 Å². The van der Waals surface area contributed by atoms with Gasteiger partial charge in [0.1, 0.15) is 5.71 Å². The number of hydrogen-bond donors (Lipinski definition) is 1. The highest BCUT2D eigenvalue weighted by atomic mass is 32.2. The lowest BCUT2D eigenvalue weighted by Gasteiger charge is -2.24. The predicted molar refractivity (Wildman–Crippen MR) is 110 cm³/mol. The number of nitrogens with one attached hydrogen (secondary N) is 1. The molecule has 0 spiro atoms. The number of thioether (sulfide) groups is 2. The fraction of sp³-hybridized carbons (Fsp3) is 0.368. The molecule has 0 saturated carbocycles. The minimum Gasteiger partial charge on any atom is -0.323 e. The van der Waals surface area contributed by atoms with Gasteiger partial charge in [-0.2, -0.15) is 14.3 Å². The van der Waals surface area contributed by atoms with E-state index < -0.39 is 11.3 Å². The fourth-order valence-corrected chi connectivity index (χ4v) is 4.40. The van der Waals surface area contributed by atoms with Crippen LogP contribution in [0.1, 0.15) is 19.8 Å². The Labute approximate surface area is 167 Å². The highest BCUT2D eigenvalue weighted by molar-refractivity contribution is 8.04. The number of benzene rings is 1. The van der Waals surface area contributed by atoms with Gasteiger partial charge in [-0.25, -0.2) is 4.79 Å². The summed E-state index contributed by atoms with van der Waals surface area (Å²) in [4.78, 5) is 40.3. The van der Waals surface area contributed by atoms with Crippen LogP contribution in [0.15, 0.2) is 40.6 Å². The Hall–Kier alpha value is -2.06. The molecule has 0 fully saturated rings. The Morgan fingerprint density at radius 3 is 2.93 bits per heavy atom. The van der Waals surface area contributed by atoms with E-state index in [0.29, 0.717) is 17.9 Å². The molecule has 2 aliphatic heterocycles. The van der Waals surface area contributed by atoms with E-state index in [-0.39, 0.29) is 18.4 Å². The van der Waals surface area contributed by atoms with Crippen molar-refractivity contribution >= 4 is 52.8 Å². The summed E-state index contributed by atoms with van der Waals surface area (Å²) in [5.41, 5.74) is 1.28. The van der Waals surface area contributed by atoms with Crippen molar-refractivity contribution in [1.82, 2.24) is 4.90 Å². The van der Waals surface area contributed by atoms with E-state index in [1.807, 2.05) is 37.4 Å². The molecule has 1 aromatic rings. The molecule has 8 heteroatoms. The van der Waals surface area contributed by atoms with Crippen molar-refractivity contribution in [3.8, 4) is 0 Å². The lowest BCUT2D eigenvalue weighted by molar-refractivity contribution is -0.425. The summed E-state index contributed by atoms with van der Waals surface area (Å²) in [6.07, 6.45) is 5.36. The zero-order chi connectivity index (χ0) is 19.4. The van der Waals surface area contributed by atoms with Gasteiger partial charge in [0.05, 0.1) is 6.54 Å². The van der Waals surface area contributed by atoms with E-state index in [4.69, 9.17) is 0 Å². The molecule has 0 aliphatic carbocycles. The van der Waals surface area contributed by atoms with Crippen molar-refractivity contribution in [2.75, 3.05) is 24.7 Å². The van der Waals surface area contributed by atoms with E-state index in [0.717, 1.165) is 17.7 Å². The predicted octanol–water partition coefficient (Wildman–Crippen LogP) is 3.19. The van der Waals surface area contributed by atoms with Crippen LogP contribution in [0.2, 0.25) is 0 Å². The number of amides is 4. The normalized spacial score (nSPS) is 18.9. The first-order valence-electron chi connectivity index (χ1n) is 8.80. The van der Waals surface area contributed by atoms with Gasteiger partial charge in [-0.1, -0.05) is 19.4 Å². The molecule has 1 N–H and O–H groups in total. The van der Waals surface area contributed by atoms with Crippen LogP contribution < -0.4 is 5.32 Å². The highest BCUT2D eigenvalue weighted by Gasteiger charge is 2.49. The molecule has 142 valence electrons. The Morgan fingerprint density at radius 1 is 1.37 bits per heavy atom. The third kappa shape index (κ3) is 4.27. The lowest BCUT2D eigenvalue weighted by atomic mass is 10.1. The van der Waals surface area contributed by atoms with E-state index in [1.54, 1.807) is 23.2 Å². The second-order valence-corrected chi connectivity index (χ2v) is 8.13. The van der Waals surface area contributed by atoms with E-state index in [2.05, 4.69) is 5.32 Å². The summed E-state index contributed by atoms with van der Waals surface area (Å²) in [5, 5.41) is 4.21. The third-order valence-corrected chi connectivity index (χ3v) is 6.11. The zero-order valence-corrected chi connectivity index (χ0v) is 16.9. The lowest BCUT2D eigenvalue weighted by Crippen LogP contribution is -2.56. The standard InChI is InChI=1S/C19H21N3O3S2/c1-3-4-9-21-18(24)17-15(8-10-27-17)22(19(21)25)12-16(23)20-13-6-5-7-14(11-13)26-2/h5-8,10-11,17H,3-4,9,12H2,1-2H3/p+1. The number of hydrogen-bond acceptors (Lipinski definition) is 5. The van der Waals surface area contributed by atoms with Crippen molar-refractivity contribution in [3.63, 3.8) is 0 Å². The van der Waals surface area contributed by atoms with Gasteiger partial charge in [-0.3, -0.25) is 4.79 Å². The Morgan fingerprint density at radius 2 is 2.19 bits per heavy atom. The first kappa shape index (κ1) is 19.7.